The van der Waals surface area contributed by atoms with E-state index in [1.807, 2.05) is 4.68 Å². The smallest absolute Gasteiger partial charge is 0.0850 e. The summed E-state index contributed by atoms with van der Waals surface area (Å²) in [5, 5.41) is 9.47. The molecule has 19 heavy (non-hydrogen) atoms. The number of halogens is 1. The van der Waals surface area contributed by atoms with Crippen LogP contribution in [0.5, 0.6) is 0 Å². The molecule has 1 atom stereocenters. The molecule has 2 aromatic heterocycles. The molecule has 0 aliphatic rings. The van der Waals surface area contributed by atoms with Crippen LogP contribution in [0.2, 0.25) is 5.02 Å². The van der Waals surface area contributed by atoms with E-state index in [4.69, 9.17) is 17.4 Å². The Hall–Kier alpha value is -0.880. The third kappa shape index (κ3) is 3.00. The van der Waals surface area contributed by atoms with Gasteiger partial charge < -0.3 is 0 Å². The van der Waals surface area contributed by atoms with Gasteiger partial charge in [-0.1, -0.05) is 18.5 Å². The molecule has 1 unspecified atom stereocenters. The minimum absolute atomic E-state index is 0.0652. The zero-order valence-electron chi connectivity index (χ0n) is 11.2. The molecule has 0 aromatic carbocycles. The number of nitrogens with two attached hydrogens (primary N) is 1. The lowest BCUT2D eigenvalue weighted by molar-refractivity contribution is 0.518. The Balaban J connectivity index is 2.29. The van der Waals surface area contributed by atoms with Crippen LogP contribution in [-0.4, -0.2) is 9.78 Å². The van der Waals surface area contributed by atoms with E-state index in [1.54, 1.807) is 11.3 Å². The average Bonchev–Trinajstić information content (AvgIpc) is 3.04. The summed E-state index contributed by atoms with van der Waals surface area (Å²) in [6.45, 7) is 4.95. The van der Waals surface area contributed by atoms with Gasteiger partial charge in [0.1, 0.15) is 0 Å². The van der Waals surface area contributed by atoms with E-state index in [9.17, 15) is 0 Å². The van der Waals surface area contributed by atoms with E-state index in [-0.39, 0.29) is 6.04 Å². The average molecular weight is 299 g/mol. The van der Waals surface area contributed by atoms with Gasteiger partial charge in [-0.2, -0.15) is 16.4 Å². The van der Waals surface area contributed by atoms with Gasteiger partial charge >= 0.3 is 0 Å². The second kappa shape index (κ2) is 6.52. The maximum atomic E-state index is 6.42. The highest BCUT2D eigenvalue weighted by atomic mass is 35.5. The van der Waals surface area contributed by atoms with E-state index in [0.29, 0.717) is 0 Å². The molecule has 2 aromatic rings. The summed E-state index contributed by atoms with van der Waals surface area (Å²) in [6, 6.07) is 2.15. The molecule has 0 saturated carbocycles. The molecule has 4 nitrogen and oxygen atoms in total. The van der Waals surface area contributed by atoms with Crippen LogP contribution < -0.4 is 11.3 Å². The lowest BCUT2D eigenvalue weighted by Gasteiger charge is -2.15. The highest BCUT2D eigenvalue weighted by Crippen LogP contribution is 2.27. The molecular weight excluding hydrogens is 280 g/mol. The summed E-state index contributed by atoms with van der Waals surface area (Å²) in [5.41, 5.74) is 6.06. The maximum absolute atomic E-state index is 6.42. The fraction of sp³-hybridized carbons (Fsp3) is 0.462. The fourth-order valence-corrected chi connectivity index (χ4v) is 3.21. The fourth-order valence-electron chi connectivity index (χ4n) is 2.15. The summed E-state index contributed by atoms with van der Waals surface area (Å²) in [6.07, 6.45) is 1.59. The van der Waals surface area contributed by atoms with Gasteiger partial charge in [0.05, 0.1) is 22.5 Å². The van der Waals surface area contributed by atoms with E-state index >= 15 is 0 Å². The van der Waals surface area contributed by atoms with Gasteiger partial charge in [-0.25, -0.2) is 0 Å². The predicted molar refractivity (Wildman–Crippen MR) is 80.4 cm³/mol. The molecule has 0 aliphatic heterocycles. The Bertz CT molecular complexity index is 521. The first-order valence-electron chi connectivity index (χ1n) is 6.43. The van der Waals surface area contributed by atoms with E-state index < -0.39 is 0 Å². The summed E-state index contributed by atoms with van der Waals surface area (Å²) in [5.74, 6) is 5.67. The van der Waals surface area contributed by atoms with Crippen molar-refractivity contribution in [2.45, 2.75) is 39.3 Å². The molecule has 0 spiro atoms. The van der Waals surface area contributed by atoms with Gasteiger partial charge in [0, 0.05) is 13.0 Å². The molecule has 3 N–H and O–H groups in total. The monoisotopic (exact) mass is 298 g/mol. The Morgan fingerprint density at radius 2 is 2.32 bits per heavy atom. The normalized spacial score (nSPS) is 12.8. The van der Waals surface area contributed by atoms with Crippen molar-refractivity contribution in [2.24, 2.45) is 5.84 Å². The number of nitrogens with zero attached hydrogens (tertiary/aromatic N) is 2. The van der Waals surface area contributed by atoms with Crippen molar-refractivity contribution in [2.75, 3.05) is 0 Å². The van der Waals surface area contributed by atoms with Crippen molar-refractivity contribution in [3.63, 3.8) is 0 Å². The first-order valence-corrected chi connectivity index (χ1v) is 7.75. The van der Waals surface area contributed by atoms with Crippen molar-refractivity contribution >= 4 is 22.9 Å². The summed E-state index contributed by atoms with van der Waals surface area (Å²) >= 11 is 8.09. The first-order chi connectivity index (χ1) is 9.21. The standard InChI is InChI=1S/C13H19ClN4S/c1-3-10-13(14)12(18(4-2)17-10)7-11(16-15)9-5-6-19-8-9/h5-6,8,11,16H,3-4,7,15H2,1-2H3. The van der Waals surface area contributed by atoms with Crippen molar-refractivity contribution in [3.05, 3.63) is 38.8 Å². The van der Waals surface area contributed by atoms with E-state index in [1.165, 1.54) is 5.56 Å². The van der Waals surface area contributed by atoms with Gasteiger partial charge in [0.25, 0.3) is 0 Å². The van der Waals surface area contributed by atoms with Crippen molar-refractivity contribution in [3.8, 4) is 0 Å². The molecule has 2 heterocycles. The molecule has 0 aliphatic carbocycles. The molecule has 0 saturated heterocycles. The maximum Gasteiger partial charge on any atom is 0.0850 e. The van der Waals surface area contributed by atoms with Gasteiger partial charge in [-0.3, -0.25) is 16.0 Å². The number of thiophene rings is 1. The number of hydrazine groups is 1. The van der Waals surface area contributed by atoms with Crippen LogP contribution in [0, 0.1) is 0 Å². The van der Waals surface area contributed by atoms with Crippen molar-refractivity contribution < 1.29 is 0 Å². The summed E-state index contributed by atoms with van der Waals surface area (Å²) in [7, 11) is 0. The number of nitrogens with one attached hydrogen (secondary N) is 1. The Labute approximate surface area is 122 Å². The largest absolute Gasteiger partial charge is 0.271 e. The van der Waals surface area contributed by atoms with E-state index in [2.05, 4.69) is 41.2 Å². The van der Waals surface area contributed by atoms with Crippen LogP contribution in [0.15, 0.2) is 16.8 Å². The number of aromatic nitrogens is 2. The summed E-state index contributed by atoms with van der Waals surface area (Å²) < 4.78 is 1.97. The number of hydrogen-bond donors (Lipinski definition) is 2. The van der Waals surface area contributed by atoms with Crippen molar-refractivity contribution in [1.82, 2.24) is 15.2 Å². The van der Waals surface area contributed by atoms with Gasteiger partial charge in [0.15, 0.2) is 0 Å². The van der Waals surface area contributed by atoms with Crippen LogP contribution in [0.4, 0.5) is 0 Å². The number of rotatable bonds is 6. The van der Waals surface area contributed by atoms with Crippen LogP contribution in [0.3, 0.4) is 0 Å². The van der Waals surface area contributed by atoms with Crippen LogP contribution in [0.25, 0.3) is 0 Å². The summed E-state index contributed by atoms with van der Waals surface area (Å²) in [4.78, 5) is 0. The van der Waals surface area contributed by atoms with E-state index in [0.717, 1.165) is 35.8 Å². The Kier molecular flexibility index (Phi) is 4.99. The Morgan fingerprint density at radius 3 is 2.84 bits per heavy atom. The van der Waals surface area contributed by atoms with Crippen LogP contribution in [-0.2, 0) is 19.4 Å². The highest BCUT2D eigenvalue weighted by molar-refractivity contribution is 7.07. The van der Waals surface area contributed by atoms with Crippen LogP contribution in [0.1, 0.15) is 36.8 Å². The third-order valence-corrected chi connectivity index (χ3v) is 4.38. The molecule has 104 valence electrons. The molecule has 2 rings (SSSR count). The lowest BCUT2D eigenvalue weighted by Crippen LogP contribution is -2.30. The highest BCUT2D eigenvalue weighted by Gasteiger charge is 2.19. The topological polar surface area (TPSA) is 55.9 Å². The molecule has 0 fully saturated rings. The first kappa shape index (κ1) is 14.5. The second-order valence-corrected chi connectivity index (χ2v) is 5.51. The lowest BCUT2D eigenvalue weighted by atomic mass is 10.1. The Morgan fingerprint density at radius 1 is 1.53 bits per heavy atom. The third-order valence-electron chi connectivity index (χ3n) is 3.24. The molecule has 6 heteroatoms. The van der Waals surface area contributed by atoms with Gasteiger partial charge in [0.2, 0.25) is 0 Å². The zero-order chi connectivity index (χ0) is 13.8. The number of aryl methyl sites for hydroxylation is 2. The quantitative estimate of drug-likeness (QED) is 0.637. The van der Waals surface area contributed by atoms with Gasteiger partial charge in [-0.05, 0) is 35.7 Å². The SMILES string of the molecule is CCc1nn(CC)c(CC(NN)c2ccsc2)c1Cl. The molecular formula is C13H19ClN4S. The predicted octanol–water partition coefficient (Wildman–Crippen LogP) is 2.93. The second-order valence-electron chi connectivity index (χ2n) is 4.36. The number of hydrogen-bond acceptors (Lipinski definition) is 4. The molecule has 0 amide bonds. The van der Waals surface area contributed by atoms with Gasteiger partial charge in [-0.15, -0.1) is 0 Å². The minimum atomic E-state index is 0.0652. The van der Waals surface area contributed by atoms with Crippen LogP contribution >= 0.6 is 22.9 Å². The zero-order valence-corrected chi connectivity index (χ0v) is 12.8. The van der Waals surface area contributed by atoms with Crippen molar-refractivity contribution in [1.29, 1.82) is 0 Å². The molecule has 0 radical (unpaired) electrons. The molecule has 0 bridgehead atoms. The minimum Gasteiger partial charge on any atom is -0.271 e.